The van der Waals surface area contributed by atoms with Gasteiger partial charge in [-0.1, -0.05) is 0 Å². The summed E-state index contributed by atoms with van der Waals surface area (Å²) in [6.07, 6.45) is -0.332. The van der Waals surface area contributed by atoms with Gasteiger partial charge in [-0.05, 0) is 20.8 Å². The Bertz CT molecular complexity index is 220. The summed E-state index contributed by atoms with van der Waals surface area (Å²) in [6.45, 7) is 6.47. The molecule has 1 amide bonds. The Morgan fingerprint density at radius 1 is 1.27 bits per heavy atom. The van der Waals surface area contributed by atoms with E-state index in [1.54, 1.807) is 4.90 Å². The van der Waals surface area contributed by atoms with Gasteiger partial charge in [0, 0.05) is 25.2 Å². The minimum atomic E-state index is -0.464. The maximum atomic E-state index is 11.5. The van der Waals surface area contributed by atoms with Crippen LogP contribution in [-0.2, 0) is 4.74 Å². The first-order valence-electron chi connectivity index (χ1n) is 4.78. The fourth-order valence-electron chi connectivity index (χ4n) is 1.33. The predicted molar refractivity (Wildman–Crippen MR) is 61.0 cm³/mol. The molecule has 1 heterocycles. The summed E-state index contributed by atoms with van der Waals surface area (Å²) < 4.78 is 5.19. The molecule has 0 radical (unpaired) electrons. The number of halogens is 1. The van der Waals surface area contributed by atoms with Crippen LogP contribution in [0.2, 0.25) is 0 Å². The summed E-state index contributed by atoms with van der Waals surface area (Å²) in [5.74, 6) is 0. The first-order chi connectivity index (χ1) is 6.29. The van der Waals surface area contributed by atoms with Crippen molar-refractivity contribution in [1.82, 2.24) is 4.90 Å². The van der Waals surface area contributed by atoms with Crippen molar-refractivity contribution in [3.63, 3.8) is 0 Å². The fraction of sp³-hybridized carbons (Fsp3) is 0.889. The van der Waals surface area contributed by atoms with Crippen LogP contribution in [0.25, 0.3) is 0 Å². The smallest absolute Gasteiger partial charge is 0.410 e. The molecule has 1 fully saturated rings. The molecular formula is C9H20ClN3O2. The number of amides is 1. The molecular weight excluding hydrogens is 218 g/mol. The number of likely N-dealkylation sites (tertiary alicyclic amines) is 1. The normalized spacial score (nSPS) is 26.1. The van der Waals surface area contributed by atoms with Gasteiger partial charge in [0.25, 0.3) is 0 Å². The zero-order valence-corrected chi connectivity index (χ0v) is 10.2. The lowest BCUT2D eigenvalue weighted by atomic mass is 10.2. The number of rotatable bonds is 0. The van der Waals surface area contributed by atoms with E-state index in [1.807, 2.05) is 20.8 Å². The highest BCUT2D eigenvalue weighted by Gasteiger charge is 2.32. The maximum Gasteiger partial charge on any atom is 0.410 e. The summed E-state index contributed by atoms with van der Waals surface area (Å²) in [5.41, 5.74) is 10.9. The molecule has 4 N–H and O–H groups in total. The van der Waals surface area contributed by atoms with E-state index in [-0.39, 0.29) is 30.6 Å². The molecule has 1 aliphatic heterocycles. The van der Waals surface area contributed by atoms with Crippen molar-refractivity contribution in [2.45, 2.75) is 38.5 Å². The standard InChI is InChI=1S/C9H19N3O2.ClH/c1-9(2,3)14-8(13)12-4-6(10)7(11)5-12;/h6-7H,4-5,10-11H2,1-3H3;1H/t6-,7+;. The van der Waals surface area contributed by atoms with E-state index in [2.05, 4.69) is 0 Å². The summed E-state index contributed by atoms with van der Waals surface area (Å²) in [5, 5.41) is 0. The lowest BCUT2D eigenvalue weighted by Gasteiger charge is -2.24. The van der Waals surface area contributed by atoms with Gasteiger partial charge in [-0.2, -0.15) is 0 Å². The van der Waals surface area contributed by atoms with Crippen molar-refractivity contribution in [3.05, 3.63) is 0 Å². The monoisotopic (exact) mass is 237 g/mol. The Morgan fingerprint density at radius 3 is 2.00 bits per heavy atom. The van der Waals surface area contributed by atoms with Gasteiger partial charge in [-0.25, -0.2) is 4.79 Å². The van der Waals surface area contributed by atoms with E-state index >= 15 is 0 Å². The molecule has 0 aromatic rings. The Labute approximate surface area is 96.5 Å². The van der Waals surface area contributed by atoms with Gasteiger partial charge in [0.2, 0.25) is 0 Å². The quantitative estimate of drug-likeness (QED) is 0.636. The SMILES string of the molecule is CC(C)(C)OC(=O)N1C[C@@H](N)[C@@H](N)C1.Cl. The maximum absolute atomic E-state index is 11.5. The minimum absolute atomic E-state index is 0. The predicted octanol–water partition coefficient (Wildman–Crippen LogP) is 0.314. The van der Waals surface area contributed by atoms with Gasteiger partial charge < -0.3 is 21.1 Å². The Balaban J connectivity index is 0.00000196. The van der Waals surface area contributed by atoms with Gasteiger partial charge >= 0.3 is 6.09 Å². The summed E-state index contributed by atoms with van der Waals surface area (Å²) in [6, 6.07) is -0.273. The van der Waals surface area contributed by atoms with Crippen molar-refractivity contribution in [3.8, 4) is 0 Å². The first kappa shape index (κ1) is 14.5. The fourth-order valence-corrected chi connectivity index (χ4v) is 1.33. The Kier molecular flexibility index (Phi) is 4.83. The van der Waals surface area contributed by atoms with Crippen LogP contribution in [0.3, 0.4) is 0 Å². The topological polar surface area (TPSA) is 81.6 Å². The zero-order chi connectivity index (χ0) is 10.9. The molecule has 0 aliphatic carbocycles. The highest BCUT2D eigenvalue weighted by molar-refractivity contribution is 5.85. The lowest BCUT2D eigenvalue weighted by Crippen LogP contribution is -2.39. The van der Waals surface area contributed by atoms with Crippen molar-refractivity contribution >= 4 is 18.5 Å². The van der Waals surface area contributed by atoms with Crippen molar-refractivity contribution < 1.29 is 9.53 Å². The molecule has 15 heavy (non-hydrogen) atoms. The number of hydrogen-bond acceptors (Lipinski definition) is 4. The van der Waals surface area contributed by atoms with Crippen LogP contribution >= 0.6 is 12.4 Å². The van der Waals surface area contributed by atoms with E-state index < -0.39 is 5.60 Å². The molecule has 90 valence electrons. The molecule has 0 aromatic heterocycles. The molecule has 1 aliphatic rings. The lowest BCUT2D eigenvalue weighted by molar-refractivity contribution is 0.0290. The van der Waals surface area contributed by atoms with E-state index in [0.29, 0.717) is 13.1 Å². The average Bonchev–Trinajstić information content (AvgIpc) is 2.28. The van der Waals surface area contributed by atoms with Gasteiger partial charge in [0.15, 0.2) is 0 Å². The number of carbonyl (C=O) groups is 1. The number of nitrogens with two attached hydrogens (primary N) is 2. The van der Waals surface area contributed by atoms with Crippen LogP contribution in [0.15, 0.2) is 0 Å². The van der Waals surface area contributed by atoms with Crippen LogP contribution in [0.5, 0.6) is 0 Å². The van der Waals surface area contributed by atoms with Gasteiger partial charge in [0.1, 0.15) is 5.60 Å². The molecule has 2 atom stereocenters. The summed E-state index contributed by atoms with van der Waals surface area (Å²) in [4.78, 5) is 13.1. The van der Waals surface area contributed by atoms with Gasteiger partial charge in [-0.3, -0.25) is 0 Å². The summed E-state index contributed by atoms with van der Waals surface area (Å²) in [7, 11) is 0. The Hall–Kier alpha value is -0.520. The van der Waals surface area contributed by atoms with Crippen LogP contribution in [-0.4, -0.2) is 41.8 Å². The number of nitrogens with zero attached hydrogens (tertiary/aromatic N) is 1. The first-order valence-corrected chi connectivity index (χ1v) is 4.78. The number of ether oxygens (including phenoxy) is 1. The zero-order valence-electron chi connectivity index (χ0n) is 9.40. The largest absolute Gasteiger partial charge is 0.444 e. The molecule has 5 nitrogen and oxygen atoms in total. The second-order valence-corrected chi connectivity index (χ2v) is 4.71. The van der Waals surface area contributed by atoms with E-state index in [4.69, 9.17) is 16.2 Å². The van der Waals surface area contributed by atoms with Crippen LogP contribution in [0.1, 0.15) is 20.8 Å². The van der Waals surface area contributed by atoms with Gasteiger partial charge in [0.05, 0.1) is 0 Å². The van der Waals surface area contributed by atoms with E-state index in [9.17, 15) is 4.79 Å². The third-order valence-corrected chi connectivity index (χ3v) is 2.06. The third-order valence-electron chi connectivity index (χ3n) is 2.06. The molecule has 0 saturated carbocycles. The van der Waals surface area contributed by atoms with Crippen LogP contribution in [0.4, 0.5) is 4.79 Å². The van der Waals surface area contributed by atoms with Crippen LogP contribution < -0.4 is 11.5 Å². The second-order valence-electron chi connectivity index (χ2n) is 4.71. The molecule has 1 saturated heterocycles. The van der Waals surface area contributed by atoms with Crippen molar-refractivity contribution in [2.24, 2.45) is 11.5 Å². The Morgan fingerprint density at radius 2 is 1.67 bits per heavy atom. The molecule has 6 heteroatoms. The van der Waals surface area contributed by atoms with E-state index in [1.165, 1.54) is 0 Å². The molecule has 0 spiro atoms. The molecule has 0 bridgehead atoms. The minimum Gasteiger partial charge on any atom is -0.444 e. The average molecular weight is 238 g/mol. The number of hydrogen-bond donors (Lipinski definition) is 2. The van der Waals surface area contributed by atoms with Gasteiger partial charge in [-0.15, -0.1) is 12.4 Å². The van der Waals surface area contributed by atoms with Crippen molar-refractivity contribution in [2.75, 3.05) is 13.1 Å². The molecule has 0 unspecified atom stereocenters. The molecule has 0 aromatic carbocycles. The number of carbonyl (C=O) groups excluding carboxylic acids is 1. The molecule has 1 rings (SSSR count). The summed E-state index contributed by atoms with van der Waals surface area (Å²) >= 11 is 0. The second kappa shape index (κ2) is 5.01. The highest BCUT2D eigenvalue weighted by Crippen LogP contribution is 2.13. The third kappa shape index (κ3) is 4.24. The highest BCUT2D eigenvalue weighted by atomic mass is 35.5. The van der Waals surface area contributed by atoms with E-state index in [0.717, 1.165) is 0 Å². The van der Waals surface area contributed by atoms with Crippen molar-refractivity contribution in [1.29, 1.82) is 0 Å². The van der Waals surface area contributed by atoms with Crippen LogP contribution in [0, 0.1) is 0 Å².